The maximum absolute atomic E-state index is 9.89. The van der Waals surface area contributed by atoms with Crippen molar-refractivity contribution in [3.8, 4) is 0 Å². The topological polar surface area (TPSA) is 61.7 Å². The number of aldehydes is 1. The fraction of sp³-hybridized carbons (Fsp3) is 0.667. The summed E-state index contributed by atoms with van der Waals surface area (Å²) in [5.41, 5.74) is -0.421. The summed E-state index contributed by atoms with van der Waals surface area (Å²) in [4.78, 5) is 9.89. The number of carbonyl (C=O) groups excluding carboxylic acids is 1. The van der Waals surface area contributed by atoms with Crippen molar-refractivity contribution in [1.82, 2.24) is 5.32 Å². The van der Waals surface area contributed by atoms with E-state index in [0.29, 0.717) is 0 Å². The van der Waals surface area contributed by atoms with E-state index in [1.54, 1.807) is 13.8 Å². The van der Waals surface area contributed by atoms with E-state index in [4.69, 9.17) is 5.21 Å². The first kappa shape index (κ1) is 9.10. The molecule has 0 aliphatic rings. The van der Waals surface area contributed by atoms with Crippen LogP contribution < -0.4 is 5.32 Å². The third-order valence-electron chi connectivity index (χ3n) is 1.02. The number of hydrogen-bond donors (Lipinski definition) is 2. The number of hydrogen-bond acceptors (Lipinski definition) is 4. The molecule has 0 spiro atoms. The molecule has 0 bridgehead atoms. The summed E-state index contributed by atoms with van der Waals surface area (Å²) in [6, 6.07) is 0. The van der Waals surface area contributed by atoms with Crippen LogP contribution in [0.5, 0.6) is 0 Å². The predicted octanol–water partition coefficient (Wildman–Crippen LogP) is 0.0135. The molecule has 0 radical (unpaired) electrons. The molecule has 10 heavy (non-hydrogen) atoms. The molecule has 0 atom stereocenters. The summed E-state index contributed by atoms with van der Waals surface area (Å²) in [5, 5.41) is 13.8. The SMILES string of the molecule is CC(C)(/C=N/O)NCC=O. The summed E-state index contributed by atoms with van der Waals surface area (Å²) in [5.74, 6) is 0. The second-order valence-electron chi connectivity index (χ2n) is 2.51. The monoisotopic (exact) mass is 144 g/mol. The zero-order valence-electron chi connectivity index (χ0n) is 6.16. The fourth-order valence-corrected chi connectivity index (χ4v) is 0.495. The maximum atomic E-state index is 9.89. The quantitative estimate of drug-likeness (QED) is 0.253. The van der Waals surface area contributed by atoms with Gasteiger partial charge in [-0.1, -0.05) is 0 Å². The lowest BCUT2D eigenvalue weighted by Crippen LogP contribution is -2.41. The maximum Gasteiger partial charge on any atom is 0.133 e. The molecule has 0 amide bonds. The van der Waals surface area contributed by atoms with Crippen LogP contribution in [0.2, 0.25) is 0 Å². The molecule has 0 aromatic heterocycles. The van der Waals surface area contributed by atoms with Gasteiger partial charge in [0.15, 0.2) is 0 Å². The average Bonchev–Trinajstić information content (AvgIpc) is 1.84. The van der Waals surface area contributed by atoms with E-state index in [-0.39, 0.29) is 6.54 Å². The van der Waals surface area contributed by atoms with Gasteiger partial charge in [0.2, 0.25) is 0 Å². The highest BCUT2D eigenvalue weighted by atomic mass is 16.4. The Morgan fingerprint density at radius 2 is 2.30 bits per heavy atom. The van der Waals surface area contributed by atoms with Gasteiger partial charge in [0, 0.05) is 0 Å². The summed E-state index contributed by atoms with van der Waals surface area (Å²) < 4.78 is 0. The zero-order chi connectivity index (χ0) is 8.04. The second kappa shape index (κ2) is 4.00. The minimum atomic E-state index is -0.421. The Balaban J connectivity index is 3.73. The number of oxime groups is 1. The van der Waals surface area contributed by atoms with Gasteiger partial charge in [-0.3, -0.25) is 0 Å². The van der Waals surface area contributed by atoms with E-state index in [1.807, 2.05) is 0 Å². The molecule has 0 aliphatic carbocycles. The fourth-order valence-electron chi connectivity index (χ4n) is 0.495. The van der Waals surface area contributed by atoms with Crippen molar-refractivity contribution < 1.29 is 10.0 Å². The Bertz CT molecular complexity index is 132. The van der Waals surface area contributed by atoms with Gasteiger partial charge in [-0.15, -0.1) is 5.16 Å². The van der Waals surface area contributed by atoms with E-state index in [0.717, 1.165) is 6.29 Å². The number of carbonyl (C=O) groups is 1. The Hall–Kier alpha value is -0.900. The van der Waals surface area contributed by atoms with Crippen LogP contribution >= 0.6 is 0 Å². The van der Waals surface area contributed by atoms with Gasteiger partial charge >= 0.3 is 0 Å². The van der Waals surface area contributed by atoms with Crippen molar-refractivity contribution in [1.29, 1.82) is 0 Å². The highest BCUT2D eigenvalue weighted by Crippen LogP contribution is 1.95. The molecule has 4 nitrogen and oxygen atoms in total. The minimum absolute atomic E-state index is 0.263. The zero-order valence-corrected chi connectivity index (χ0v) is 6.16. The van der Waals surface area contributed by atoms with Gasteiger partial charge in [-0.25, -0.2) is 0 Å². The van der Waals surface area contributed by atoms with Gasteiger partial charge in [0.1, 0.15) is 6.29 Å². The smallest absolute Gasteiger partial charge is 0.133 e. The van der Waals surface area contributed by atoms with E-state index in [1.165, 1.54) is 6.21 Å². The molecule has 0 unspecified atom stereocenters. The van der Waals surface area contributed by atoms with Crippen LogP contribution in [-0.2, 0) is 4.79 Å². The van der Waals surface area contributed by atoms with Crippen molar-refractivity contribution in [3.63, 3.8) is 0 Å². The molecule has 0 saturated carbocycles. The van der Waals surface area contributed by atoms with Crippen molar-refractivity contribution in [2.75, 3.05) is 6.54 Å². The third kappa shape index (κ3) is 4.03. The van der Waals surface area contributed by atoms with Gasteiger partial charge in [0.05, 0.1) is 18.3 Å². The number of nitrogens with zero attached hydrogens (tertiary/aromatic N) is 1. The van der Waals surface area contributed by atoms with Crippen LogP contribution in [0.1, 0.15) is 13.8 Å². The van der Waals surface area contributed by atoms with Gasteiger partial charge in [-0.05, 0) is 13.8 Å². The standard InChI is InChI=1S/C6H12N2O2/c1-6(2,5-8-10)7-3-4-9/h4-5,7,10H,3H2,1-2H3/b8-5+. The Labute approximate surface area is 59.9 Å². The molecule has 2 N–H and O–H groups in total. The van der Waals surface area contributed by atoms with Gasteiger partial charge < -0.3 is 15.3 Å². The molecule has 0 aromatic carbocycles. The molecule has 0 heterocycles. The lowest BCUT2D eigenvalue weighted by Gasteiger charge is -2.18. The van der Waals surface area contributed by atoms with Crippen molar-refractivity contribution in [2.24, 2.45) is 5.16 Å². The number of nitrogens with one attached hydrogen (secondary N) is 1. The van der Waals surface area contributed by atoms with E-state index in [2.05, 4.69) is 10.5 Å². The lowest BCUT2D eigenvalue weighted by molar-refractivity contribution is -0.107. The normalized spacial score (nSPS) is 12.2. The van der Waals surface area contributed by atoms with Crippen LogP contribution in [0, 0.1) is 0 Å². The van der Waals surface area contributed by atoms with E-state index < -0.39 is 5.54 Å². The van der Waals surface area contributed by atoms with Crippen LogP contribution in [-0.4, -0.2) is 29.8 Å². The summed E-state index contributed by atoms with van der Waals surface area (Å²) in [6.07, 6.45) is 2.09. The first-order chi connectivity index (χ1) is 4.62. The first-order valence-electron chi connectivity index (χ1n) is 2.99. The molecule has 0 aromatic rings. The molecule has 58 valence electrons. The van der Waals surface area contributed by atoms with Gasteiger partial charge in [-0.2, -0.15) is 0 Å². The van der Waals surface area contributed by atoms with Crippen LogP contribution in [0.3, 0.4) is 0 Å². The van der Waals surface area contributed by atoms with E-state index >= 15 is 0 Å². The molecule has 4 heteroatoms. The van der Waals surface area contributed by atoms with Crippen molar-refractivity contribution in [3.05, 3.63) is 0 Å². The van der Waals surface area contributed by atoms with Crippen molar-refractivity contribution >= 4 is 12.5 Å². The molecular formula is C6H12N2O2. The molecule has 0 aliphatic heterocycles. The summed E-state index contributed by atoms with van der Waals surface area (Å²) in [7, 11) is 0. The van der Waals surface area contributed by atoms with Crippen LogP contribution in [0.4, 0.5) is 0 Å². The molecule has 0 rings (SSSR count). The Morgan fingerprint density at radius 3 is 2.70 bits per heavy atom. The number of rotatable bonds is 4. The molecule has 0 saturated heterocycles. The minimum Gasteiger partial charge on any atom is -0.411 e. The second-order valence-corrected chi connectivity index (χ2v) is 2.51. The van der Waals surface area contributed by atoms with Crippen molar-refractivity contribution in [2.45, 2.75) is 19.4 Å². The molecule has 0 fully saturated rings. The van der Waals surface area contributed by atoms with Crippen LogP contribution in [0.25, 0.3) is 0 Å². The predicted molar refractivity (Wildman–Crippen MR) is 38.4 cm³/mol. The summed E-state index contributed by atoms with van der Waals surface area (Å²) in [6.45, 7) is 3.87. The lowest BCUT2D eigenvalue weighted by atomic mass is 10.1. The molecular weight excluding hydrogens is 132 g/mol. The summed E-state index contributed by atoms with van der Waals surface area (Å²) >= 11 is 0. The third-order valence-corrected chi connectivity index (χ3v) is 1.02. The Morgan fingerprint density at radius 1 is 1.70 bits per heavy atom. The highest BCUT2D eigenvalue weighted by Gasteiger charge is 2.12. The highest BCUT2D eigenvalue weighted by molar-refractivity contribution is 5.69. The first-order valence-corrected chi connectivity index (χ1v) is 2.99. The van der Waals surface area contributed by atoms with Crippen LogP contribution in [0.15, 0.2) is 5.16 Å². The van der Waals surface area contributed by atoms with Gasteiger partial charge in [0.25, 0.3) is 0 Å². The van der Waals surface area contributed by atoms with E-state index in [9.17, 15) is 4.79 Å². The largest absolute Gasteiger partial charge is 0.411 e. The average molecular weight is 144 g/mol. The Kier molecular flexibility index (Phi) is 3.64.